The van der Waals surface area contributed by atoms with E-state index in [2.05, 4.69) is 27.9 Å². The molecule has 7 heteroatoms. The highest BCUT2D eigenvalue weighted by Crippen LogP contribution is 2.35. The highest BCUT2D eigenvalue weighted by molar-refractivity contribution is 6.30. The number of rotatable bonds is 6. The van der Waals surface area contributed by atoms with Crippen LogP contribution in [0.5, 0.6) is 0 Å². The first-order valence-corrected chi connectivity index (χ1v) is 9.18. The fourth-order valence-electron chi connectivity index (χ4n) is 3.23. The fourth-order valence-corrected chi connectivity index (χ4v) is 3.35. The third-order valence-corrected chi connectivity index (χ3v) is 5.17. The number of halogens is 1. The van der Waals surface area contributed by atoms with Crippen molar-refractivity contribution in [2.24, 2.45) is 0 Å². The standard InChI is InChI=1S/C19H24ClN3O3/c1-13-11-17(26-23-13)22-18(24)14(2)21-12-19(7-9-25-10-8-19)15-3-5-16(20)6-4-15/h3-6,11,14,21H,7-10,12H2,1-2H3,(H,22,24). The normalized spacial score (nSPS) is 17.7. The molecular formula is C19H24ClN3O3. The van der Waals surface area contributed by atoms with Gasteiger partial charge in [-0.05, 0) is 44.4 Å². The largest absolute Gasteiger partial charge is 0.381 e. The molecule has 140 valence electrons. The second kappa shape index (κ2) is 8.20. The van der Waals surface area contributed by atoms with Gasteiger partial charge in [-0.1, -0.05) is 28.9 Å². The molecule has 1 aromatic carbocycles. The number of nitrogens with one attached hydrogen (secondary N) is 2. The van der Waals surface area contributed by atoms with E-state index in [9.17, 15) is 4.79 Å². The van der Waals surface area contributed by atoms with Crippen molar-refractivity contribution >= 4 is 23.4 Å². The van der Waals surface area contributed by atoms with Crippen LogP contribution in [-0.4, -0.2) is 36.9 Å². The molecule has 1 atom stereocenters. The second-order valence-electron chi connectivity index (χ2n) is 6.82. The summed E-state index contributed by atoms with van der Waals surface area (Å²) in [5, 5.41) is 10.6. The summed E-state index contributed by atoms with van der Waals surface area (Å²) in [6, 6.07) is 9.28. The zero-order valence-electron chi connectivity index (χ0n) is 15.0. The molecular weight excluding hydrogens is 354 g/mol. The lowest BCUT2D eigenvalue weighted by Gasteiger charge is -2.38. The molecule has 1 aromatic heterocycles. The van der Waals surface area contributed by atoms with Crippen molar-refractivity contribution in [3.63, 3.8) is 0 Å². The predicted octanol–water partition coefficient (Wildman–Crippen LogP) is 3.30. The van der Waals surface area contributed by atoms with Crippen LogP contribution >= 0.6 is 11.6 Å². The summed E-state index contributed by atoms with van der Waals surface area (Å²) in [7, 11) is 0. The molecule has 0 bridgehead atoms. The van der Waals surface area contributed by atoms with E-state index in [1.54, 1.807) is 6.07 Å². The van der Waals surface area contributed by atoms with Crippen LogP contribution in [0.1, 0.15) is 31.0 Å². The number of carbonyl (C=O) groups excluding carboxylic acids is 1. The first kappa shape index (κ1) is 18.9. The van der Waals surface area contributed by atoms with Gasteiger partial charge in [0.05, 0.1) is 11.7 Å². The molecule has 1 fully saturated rings. The zero-order valence-corrected chi connectivity index (χ0v) is 15.8. The summed E-state index contributed by atoms with van der Waals surface area (Å²) in [4.78, 5) is 12.4. The quantitative estimate of drug-likeness (QED) is 0.807. The number of hydrogen-bond donors (Lipinski definition) is 2. The van der Waals surface area contributed by atoms with Crippen molar-refractivity contribution in [3.05, 3.63) is 46.6 Å². The van der Waals surface area contributed by atoms with Gasteiger partial charge >= 0.3 is 0 Å². The van der Waals surface area contributed by atoms with Crippen LogP contribution < -0.4 is 10.6 Å². The Morgan fingerprint density at radius 3 is 2.62 bits per heavy atom. The molecule has 6 nitrogen and oxygen atoms in total. The minimum Gasteiger partial charge on any atom is -0.381 e. The molecule has 2 aromatic rings. The maximum absolute atomic E-state index is 12.4. The van der Waals surface area contributed by atoms with Gasteiger partial charge in [0, 0.05) is 36.3 Å². The molecule has 0 saturated carbocycles. The van der Waals surface area contributed by atoms with Gasteiger partial charge in [-0.3, -0.25) is 10.1 Å². The molecule has 1 aliphatic heterocycles. The van der Waals surface area contributed by atoms with Crippen LogP contribution in [0.4, 0.5) is 5.88 Å². The summed E-state index contributed by atoms with van der Waals surface area (Å²) in [5.74, 6) is 0.207. The van der Waals surface area contributed by atoms with Gasteiger partial charge < -0.3 is 14.6 Å². The topological polar surface area (TPSA) is 76.4 Å². The third kappa shape index (κ3) is 4.44. The number of carbonyl (C=O) groups is 1. The van der Waals surface area contributed by atoms with Gasteiger partial charge in [0.15, 0.2) is 0 Å². The van der Waals surface area contributed by atoms with Crippen LogP contribution in [0.15, 0.2) is 34.9 Å². The zero-order chi connectivity index (χ0) is 18.6. The Hall–Kier alpha value is -1.89. The molecule has 1 saturated heterocycles. The number of hydrogen-bond acceptors (Lipinski definition) is 5. The van der Waals surface area contributed by atoms with E-state index >= 15 is 0 Å². The molecule has 2 N–H and O–H groups in total. The van der Waals surface area contributed by atoms with E-state index < -0.39 is 0 Å². The highest BCUT2D eigenvalue weighted by atomic mass is 35.5. The molecule has 3 rings (SSSR count). The lowest BCUT2D eigenvalue weighted by Crippen LogP contribution is -2.48. The van der Waals surface area contributed by atoms with E-state index in [-0.39, 0.29) is 17.4 Å². The lowest BCUT2D eigenvalue weighted by atomic mass is 9.74. The van der Waals surface area contributed by atoms with E-state index in [4.69, 9.17) is 20.9 Å². The van der Waals surface area contributed by atoms with Gasteiger partial charge in [-0.25, -0.2) is 0 Å². The van der Waals surface area contributed by atoms with Gasteiger partial charge in [-0.15, -0.1) is 0 Å². The van der Waals surface area contributed by atoms with Gasteiger partial charge in [0.25, 0.3) is 0 Å². The van der Waals surface area contributed by atoms with Crippen molar-refractivity contribution in [3.8, 4) is 0 Å². The Kier molecular flexibility index (Phi) is 5.96. The smallest absolute Gasteiger partial charge is 0.243 e. The average molecular weight is 378 g/mol. The van der Waals surface area contributed by atoms with Crippen molar-refractivity contribution in [2.45, 2.75) is 38.1 Å². The number of benzene rings is 1. The number of amides is 1. The Bertz CT molecular complexity index is 739. The van der Waals surface area contributed by atoms with Gasteiger partial charge in [0.2, 0.25) is 11.8 Å². The van der Waals surface area contributed by atoms with Crippen LogP contribution in [0, 0.1) is 6.92 Å². The molecule has 1 unspecified atom stereocenters. The number of aromatic nitrogens is 1. The van der Waals surface area contributed by atoms with Crippen molar-refractivity contribution in [1.82, 2.24) is 10.5 Å². The van der Waals surface area contributed by atoms with Crippen LogP contribution in [0.2, 0.25) is 5.02 Å². The summed E-state index contributed by atoms with van der Waals surface area (Å²) < 4.78 is 10.6. The molecule has 0 spiro atoms. The maximum atomic E-state index is 12.4. The van der Waals surface area contributed by atoms with E-state index in [1.807, 2.05) is 26.0 Å². The van der Waals surface area contributed by atoms with Crippen molar-refractivity contribution in [1.29, 1.82) is 0 Å². The monoisotopic (exact) mass is 377 g/mol. The predicted molar refractivity (Wildman–Crippen MR) is 101 cm³/mol. The summed E-state index contributed by atoms with van der Waals surface area (Å²) in [5.41, 5.74) is 1.88. The lowest BCUT2D eigenvalue weighted by molar-refractivity contribution is -0.118. The molecule has 1 amide bonds. The number of aryl methyl sites for hydroxylation is 1. The van der Waals surface area contributed by atoms with E-state index in [1.165, 1.54) is 5.56 Å². The third-order valence-electron chi connectivity index (χ3n) is 4.92. The number of nitrogens with zero attached hydrogens (tertiary/aromatic N) is 1. The number of ether oxygens (including phenoxy) is 1. The molecule has 0 aliphatic carbocycles. The highest BCUT2D eigenvalue weighted by Gasteiger charge is 2.35. The number of anilines is 1. The Morgan fingerprint density at radius 2 is 2.00 bits per heavy atom. The summed E-state index contributed by atoms with van der Waals surface area (Å²) in [6.07, 6.45) is 1.80. The SMILES string of the molecule is Cc1cc(NC(=O)C(C)NCC2(c3ccc(Cl)cc3)CCOCC2)on1. The Morgan fingerprint density at radius 1 is 1.31 bits per heavy atom. The first-order chi connectivity index (χ1) is 12.5. The van der Waals surface area contributed by atoms with E-state index in [0.717, 1.165) is 23.6 Å². The van der Waals surface area contributed by atoms with Gasteiger partial charge in [0.1, 0.15) is 0 Å². The second-order valence-corrected chi connectivity index (χ2v) is 7.26. The van der Waals surface area contributed by atoms with E-state index in [0.29, 0.717) is 25.6 Å². The average Bonchev–Trinajstić information content (AvgIpc) is 3.05. The van der Waals surface area contributed by atoms with Crippen LogP contribution in [0.3, 0.4) is 0 Å². The molecule has 26 heavy (non-hydrogen) atoms. The molecule has 1 aliphatic rings. The Labute approximate surface area is 158 Å². The van der Waals surface area contributed by atoms with Crippen molar-refractivity contribution in [2.75, 3.05) is 25.1 Å². The van der Waals surface area contributed by atoms with Crippen LogP contribution in [0.25, 0.3) is 0 Å². The fraction of sp³-hybridized carbons (Fsp3) is 0.474. The minimum atomic E-state index is -0.368. The summed E-state index contributed by atoms with van der Waals surface area (Å²) in [6.45, 7) is 5.75. The maximum Gasteiger partial charge on any atom is 0.243 e. The van der Waals surface area contributed by atoms with Gasteiger partial charge in [-0.2, -0.15) is 0 Å². The molecule has 2 heterocycles. The minimum absolute atomic E-state index is 0.0692. The molecule has 0 radical (unpaired) electrons. The Balaban J connectivity index is 1.65. The first-order valence-electron chi connectivity index (χ1n) is 8.80. The summed E-state index contributed by atoms with van der Waals surface area (Å²) >= 11 is 6.04. The van der Waals surface area contributed by atoms with Crippen molar-refractivity contribution < 1.29 is 14.1 Å². The van der Waals surface area contributed by atoms with Crippen LogP contribution in [-0.2, 0) is 14.9 Å².